The summed E-state index contributed by atoms with van der Waals surface area (Å²) in [4.78, 5) is 24.4. The number of halogens is 1. The van der Waals surface area contributed by atoms with E-state index in [2.05, 4.69) is 21.0 Å². The molecule has 1 aromatic heterocycles. The summed E-state index contributed by atoms with van der Waals surface area (Å²) in [6.07, 6.45) is -0.537. The van der Waals surface area contributed by atoms with E-state index in [1.165, 1.54) is 0 Å². The Morgan fingerprint density at radius 1 is 1.33 bits per heavy atom. The number of hydrogen-bond donors (Lipinski definition) is 3. The SMILES string of the molecule is Cc1cc(NC(=O)COc2ccc(Cl)cc2)n(C2NC(=O)C(C)C(C)N2)n1. The van der Waals surface area contributed by atoms with Crippen LogP contribution >= 0.6 is 11.6 Å². The van der Waals surface area contributed by atoms with Crippen molar-refractivity contribution in [1.29, 1.82) is 0 Å². The molecule has 3 N–H and O–H groups in total. The van der Waals surface area contributed by atoms with Crippen molar-refractivity contribution >= 4 is 29.2 Å². The zero-order valence-electron chi connectivity index (χ0n) is 15.3. The second-order valence-electron chi connectivity index (χ2n) is 6.56. The smallest absolute Gasteiger partial charge is 0.263 e. The van der Waals surface area contributed by atoms with Crippen LogP contribution < -0.4 is 20.7 Å². The molecule has 9 heteroatoms. The fourth-order valence-corrected chi connectivity index (χ4v) is 2.85. The van der Waals surface area contributed by atoms with Crippen LogP contribution in [0.3, 0.4) is 0 Å². The summed E-state index contributed by atoms with van der Waals surface area (Å²) in [6, 6.07) is 8.46. The first-order valence-corrected chi connectivity index (χ1v) is 9.02. The standard InChI is InChI=1S/C18H22ClN5O3/c1-10-8-15(21-16(25)9-27-14-6-4-13(19)5-7-14)24(23-10)18-20-12(3)11(2)17(26)22-18/h4-8,11-12,18,20H,9H2,1-3H3,(H,21,25)(H,22,26). The third kappa shape index (κ3) is 4.58. The highest BCUT2D eigenvalue weighted by Gasteiger charge is 2.32. The third-order valence-electron chi connectivity index (χ3n) is 4.42. The number of amides is 2. The van der Waals surface area contributed by atoms with Gasteiger partial charge in [-0.25, -0.2) is 4.68 Å². The van der Waals surface area contributed by atoms with Crippen molar-refractivity contribution in [3.63, 3.8) is 0 Å². The average Bonchev–Trinajstić information content (AvgIpc) is 2.99. The van der Waals surface area contributed by atoms with E-state index >= 15 is 0 Å². The highest BCUT2D eigenvalue weighted by atomic mass is 35.5. The summed E-state index contributed by atoms with van der Waals surface area (Å²) < 4.78 is 7.00. The van der Waals surface area contributed by atoms with Crippen LogP contribution in [0.15, 0.2) is 30.3 Å². The summed E-state index contributed by atoms with van der Waals surface area (Å²) in [7, 11) is 0. The van der Waals surface area contributed by atoms with Gasteiger partial charge in [-0.05, 0) is 38.1 Å². The van der Waals surface area contributed by atoms with Crippen LogP contribution in [-0.4, -0.2) is 34.2 Å². The molecular formula is C18H22ClN5O3. The van der Waals surface area contributed by atoms with Crippen molar-refractivity contribution in [3.05, 3.63) is 41.0 Å². The topological polar surface area (TPSA) is 97.3 Å². The summed E-state index contributed by atoms with van der Waals surface area (Å²) in [6.45, 7) is 5.44. The van der Waals surface area contributed by atoms with Gasteiger partial charge in [0.15, 0.2) is 12.9 Å². The predicted molar refractivity (Wildman–Crippen MR) is 101 cm³/mol. The van der Waals surface area contributed by atoms with Gasteiger partial charge in [0.2, 0.25) is 5.91 Å². The molecule has 2 amide bonds. The van der Waals surface area contributed by atoms with Gasteiger partial charge in [-0.15, -0.1) is 0 Å². The molecule has 2 heterocycles. The Labute approximate surface area is 162 Å². The molecule has 0 bridgehead atoms. The number of carbonyl (C=O) groups is 2. The molecule has 1 aromatic carbocycles. The van der Waals surface area contributed by atoms with E-state index in [0.717, 1.165) is 0 Å². The Bertz CT molecular complexity index is 836. The number of aromatic nitrogens is 2. The number of nitrogens with zero attached hydrogens (tertiary/aromatic N) is 2. The molecule has 8 nitrogen and oxygen atoms in total. The highest BCUT2D eigenvalue weighted by molar-refractivity contribution is 6.30. The first-order valence-electron chi connectivity index (χ1n) is 8.64. The van der Waals surface area contributed by atoms with E-state index in [1.807, 2.05) is 20.8 Å². The van der Waals surface area contributed by atoms with E-state index in [1.54, 1.807) is 35.0 Å². The Kier molecular flexibility index (Phi) is 5.67. The van der Waals surface area contributed by atoms with Crippen molar-refractivity contribution in [2.24, 2.45) is 5.92 Å². The van der Waals surface area contributed by atoms with Crippen LogP contribution in [0.1, 0.15) is 25.8 Å². The Morgan fingerprint density at radius 3 is 2.70 bits per heavy atom. The number of rotatable bonds is 5. The number of hydrogen-bond acceptors (Lipinski definition) is 5. The number of aryl methyl sites for hydroxylation is 1. The largest absolute Gasteiger partial charge is 0.484 e. The average molecular weight is 392 g/mol. The maximum absolute atomic E-state index is 12.3. The molecule has 0 spiro atoms. The van der Waals surface area contributed by atoms with Crippen LogP contribution in [0.25, 0.3) is 0 Å². The Balaban J connectivity index is 1.66. The second-order valence-corrected chi connectivity index (χ2v) is 7.00. The minimum atomic E-state index is -0.537. The van der Waals surface area contributed by atoms with E-state index in [-0.39, 0.29) is 30.4 Å². The quantitative estimate of drug-likeness (QED) is 0.724. The lowest BCUT2D eigenvalue weighted by Gasteiger charge is -2.34. The summed E-state index contributed by atoms with van der Waals surface area (Å²) >= 11 is 5.82. The number of anilines is 1. The molecule has 0 saturated carbocycles. The molecule has 1 fully saturated rings. The molecular weight excluding hydrogens is 370 g/mol. The van der Waals surface area contributed by atoms with Crippen molar-refractivity contribution in [2.75, 3.05) is 11.9 Å². The van der Waals surface area contributed by atoms with Crippen LogP contribution in [0.2, 0.25) is 5.02 Å². The summed E-state index contributed by atoms with van der Waals surface area (Å²) in [5.74, 6) is 0.459. The molecule has 1 aliphatic rings. The minimum Gasteiger partial charge on any atom is -0.484 e. The Morgan fingerprint density at radius 2 is 2.04 bits per heavy atom. The number of benzene rings is 1. The second kappa shape index (κ2) is 7.98. The number of ether oxygens (including phenoxy) is 1. The van der Waals surface area contributed by atoms with Gasteiger partial charge in [0, 0.05) is 17.1 Å². The van der Waals surface area contributed by atoms with Gasteiger partial charge < -0.3 is 15.4 Å². The lowest BCUT2D eigenvalue weighted by atomic mass is 10.0. The fourth-order valence-electron chi connectivity index (χ4n) is 2.73. The fraction of sp³-hybridized carbons (Fsp3) is 0.389. The van der Waals surface area contributed by atoms with Crippen molar-refractivity contribution in [3.8, 4) is 5.75 Å². The number of nitrogens with one attached hydrogen (secondary N) is 3. The minimum absolute atomic E-state index is 0.0231. The molecule has 1 aliphatic heterocycles. The van der Waals surface area contributed by atoms with E-state index in [0.29, 0.717) is 22.3 Å². The maximum atomic E-state index is 12.3. The normalized spacial score (nSPS) is 22.2. The van der Waals surface area contributed by atoms with Crippen LogP contribution in [0, 0.1) is 12.8 Å². The molecule has 3 rings (SSSR count). The van der Waals surface area contributed by atoms with Crippen molar-refractivity contribution in [1.82, 2.24) is 20.4 Å². The lowest BCUT2D eigenvalue weighted by molar-refractivity contribution is -0.130. The highest BCUT2D eigenvalue weighted by Crippen LogP contribution is 2.20. The van der Waals surface area contributed by atoms with Gasteiger partial charge in [-0.2, -0.15) is 5.10 Å². The molecule has 27 heavy (non-hydrogen) atoms. The van der Waals surface area contributed by atoms with E-state index < -0.39 is 6.29 Å². The molecule has 3 atom stereocenters. The molecule has 0 aliphatic carbocycles. The molecule has 0 radical (unpaired) electrons. The van der Waals surface area contributed by atoms with Crippen molar-refractivity contribution in [2.45, 2.75) is 33.1 Å². The zero-order valence-corrected chi connectivity index (χ0v) is 16.1. The monoisotopic (exact) mass is 391 g/mol. The predicted octanol–water partition coefficient (Wildman–Crippen LogP) is 2.06. The van der Waals surface area contributed by atoms with Gasteiger partial charge in [0.1, 0.15) is 11.6 Å². The van der Waals surface area contributed by atoms with Gasteiger partial charge in [0.25, 0.3) is 5.91 Å². The summed E-state index contributed by atoms with van der Waals surface area (Å²) in [5.41, 5.74) is 0.714. The van der Waals surface area contributed by atoms with Gasteiger partial charge in [0.05, 0.1) is 11.6 Å². The van der Waals surface area contributed by atoms with Crippen LogP contribution in [-0.2, 0) is 9.59 Å². The van der Waals surface area contributed by atoms with E-state index in [4.69, 9.17) is 16.3 Å². The molecule has 3 unspecified atom stereocenters. The number of carbonyl (C=O) groups excluding carboxylic acids is 2. The molecule has 2 aromatic rings. The van der Waals surface area contributed by atoms with Crippen LogP contribution in [0.4, 0.5) is 5.82 Å². The maximum Gasteiger partial charge on any atom is 0.263 e. The summed E-state index contributed by atoms with van der Waals surface area (Å²) in [5, 5.41) is 13.9. The van der Waals surface area contributed by atoms with Gasteiger partial charge >= 0.3 is 0 Å². The lowest BCUT2D eigenvalue weighted by Crippen LogP contribution is -2.57. The van der Waals surface area contributed by atoms with Crippen LogP contribution in [0.5, 0.6) is 5.75 Å². The Hall–Kier alpha value is -2.58. The molecule has 144 valence electrons. The first-order chi connectivity index (χ1) is 12.8. The van der Waals surface area contributed by atoms with Gasteiger partial charge in [-0.3, -0.25) is 14.9 Å². The third-order valence-corrected chi connectivity index (χ3v) is 4.67. The molecule has 1 saturated heterocycles. The van der Waals surface area contributed by atoms with E-state index in [9.17, 15) is 9.59 Å². The first kappa shape index (κ1) is 19.2. The van der Waals surface area contributed by atoms with Gasteiger partial charge in [-0.1, -0.05) is 18.5 Å². The zero-order chi connectivity index (χ0) is 19.6. The van der Waals surface area contributed by atoms with Crippen molar-refractivity contribution < 1.29 is 14.3 Å².